The van der Waals surface area contributed by atoms with Crippen LogP contribution < -0.4 is 11.1 Å². The fraction of sp³-hybridized carbons (Fsp3) is 0.625. The van der Waals surface area contributed by atoms with E-state index >= 15 is 0 Å². The molecule has 11 heteroatoms. The van der Waals surface area contributed by atoms with E-state index < -0.39 is 39.0 Å². The van der Waals surface area contributed by atoms with Crippen LogP contribution in [0.15, 0.2) is 12.3 Å². The molecule has 1 heterocycles. The molecule has 110 valence electrons. The summed E-state index contributed by atoms with van der Waals surface area (Å²) in [5.74, 6) is -0.220. The molecule has 0 aromatic carbocycles. The molecule has 19 heavy (non-hydrogen) atoms. The summed E-state index contributed by atoms with van der Waals surface area (Å²) in [6.07, 6.45) is -2.34. The molecule has 1 saturated heterocycles. The molecule has 0 amide bonds. The molecular formula is C8H16N3O7P. The highest BCUT2D eigenvalue weighted by atomic mass is 31.2. The Hall–Kier alpha value is -1.00. The van der Waals surface area contributed by atoms with E-state index in [1.54, 1.807) is 0 Å². The summed E-state index contributed by atoms with van der Waals surface area (Å²) in [5.41, 5.74) is 5.06. The average Bonchev–Trinajstić information content (AvgIpc) is 2.53. The van der Waals surface area contributed by atoms with Gasteiger partial charge < -0.3 is 35.8 Å². The number of phosphoric ester groups is 1. The molecule has 0 aliphatic carbocycles. The number of amidine groups is 1. The quantitative estimate of drug-likeness (QED) is 0.159. The van der Waals surface area contributed by atoms with Gasteiger partial charge in [-0.1, -0.05) is 0 Å². The van der Waals surface area contributed by atoms with E-state index in [9.17, 15) is 14.8 Å². The van der Waals surface area contributed by atoms with Crippen LogP contribution in [-0.4, -0.2) is 57.0 Å². The topological polar surface area (TPSA) is 178 Å². The number of nitrogens with two attached hydrogens (primary N) is 1. The highest BCUT2D eigenvalue weighted by Gasteiger charge is 2.43. The van der Waals surface area contributed by atoms with Gasteiger partial charge in [-0.2, -0.15) is 0 Å². The van der Waals surface area contributed by atoms with Crippen LogP contribution in [0.4, 0.5) is 0 Å². The molecule has 1 aliphatic rings. The van der Waals surface area contributed by atoms with Crippen molar-refractivity contribution in [2.45, 2.75) is 24.5 Å². The molecular weight excluding hydrogens is 281 g/mol. The van der Waals surface area contributed by atoms with Gasteiger partial charge in [0, 0.05) is 6.20 Å². The zero-order valence-corrected chi connectivity index (χ0v) is 10.6. The van der Waals surface area contributed by atoms with Crippen molar-refractivity contribution in [3.63, 3.8) is 0 Å². The van der Waals surface area contributed by atoms with E-state index in [1.165, 1.54) is 12.3 Å². The van der Waals surface area contributed by atoms with Gasteiger partial charge in [-0.3, -0.25) is 9.93 Å². The Morgan fingerprint density at radius 2 is 2.11 bits per heavy atom. The van der Waals surface area contributed by atoms with Crippen LogP contribution in [0.25, 0.3) is 0 Å². The first-order valence-corrected chi connectivity index (χ1v) is 6.72. The third kappa shape index (κ3) is 5.25. The SMILES string of the molecule is N=C(N)/C=C\NC1OC(COP(=O)(O)O)C(O)C1O. The highest BCUT2D eigenvalue weighted by Crippen LogP contribution is 2.37. The molecule has 0 radical (unpaired) electrons. The van der Waals surface area contributed by atoms with E-state index in [4.69, 9.17) is 25.7 Å². The van der Waals surface area contributed by atoms with Gasteiger partial charge in [0.1, 0.15) is 24.1 Å². The summed E-state index contributed by atoms with van der Waals surface area (Å²) in [7, 11) is -4.67. The molecule has 1 aliphatic heterocycles. The number of ether oxygens (including phenoxy) is 1. The third-order valence-electron chi connectivity index (χ3n) is 2.29. The Labute approximate surface area is 108 Å². The van der Waals surface area contributed by atoms with Crippen molar-refractivity contribution in [1.29, 1.82) is 5.41 Å². The molecule has 0 aromatic rings. The van der Waals surface area contributed by atoms with Crippen molar-refractivity contribution in [1.82, 2.24) is 5.32 Å². The minimum absolute atomic E-state index is 0.220. The normalized spacial score (nSPS) is 31.8. The van der Waals surface area contributed by atoms with Gasteiger partial charge in [0.25, 0.3) is 0 Å². The molecule has 0 aromatic heterocycles. The van der Waals surface area contributed by atoms with Crippen LogP contribution in [0.5, 0.6) is 0 Å². The molecule has 4 atom stereocenters. The van der Waals surface area contributed by atoms with Gasteiger partial charge in [0.05, 0.1) is 6.61 Å². The van der Waals surface area contributed by atoms with Gasteiger partial charge in [-0.05, 0) is 6.08 Å². The maximum Gasteiger partial charge on any atom is 0.469 e. The first-order chi connectivity index (χ1) is 8.70. The minimum Gasteiger partial charge on any atom is -0.387 e. The first kappa shape index (κ1) is 16.1. The lowest BCUT2D eigenvalue weighted by atomic mass is 10.1. The van der Waals surface area contributed by atoms with Gasteiger partial charge in [0.15, 0.2) is 6.23 Å². The van der Waals surface area contributed by atoms with Crippen molar-refractivity contribution in [2.75, 3.05) is 6.61 Å². The van der Waals surface area contributed by atoms with Crippen molar-refractivity contribution < 1.29 is 33.8 Å². The van der Waals surface area contributed by atoms with E-state index in [0.29, 0.717) is 0 Å². The Balaban J connectivity index is 2.51. The Bertz CT molecular complexity index is 398. The summed E-state index contributed by atoms with van der Waals surface area (Å²) in [6.45, 7) is -0.572. The number of hydrogen-bond acceptors (Lipinski definition) is 7. The lowest BCUT2D eigenvalue weighted by Crippen LogP contribution is -2.38. The predicted molar refractivity (Wildman–Crippen MR) is 62.9 cm³/mol. The van der Waals surface area contributed by atoms with Crippen molar-refractivity contribution in [3.8, 4) is 0 Å². The number of nitrogens with one attached hydrogen (secondary N) is 2. The van der Waals surface area contributed by atoms with E-state index in [2.05, 4.69) is 9.84 Å². The van der Waals surface area contributed by atoms with Crippen molar-refractivity contribution >= 4 is 13.7 Å². The fourth-order valence-electron chi connectivity index (χ4n) is 1.43. The third-order valence-corrected chi connectivity index (χ3v) is 2.78. The predicted octanol–water partition coefficient (Wildman–Crippen LogP) is -2.42. The molecule has 4 unspecified atom stereocenters. The number of aliphatic hydroxyl groups excluding tert-OH is 2. The summed E-state index contributed by atoms with van der Waals surface area (Å²) in [4.78, 5) is 17.0. The molecule has 1 fully saturated rings. The fourth-order valence-corrected chi connectivity index (χ4v) is 1.77. The molecule has 8 N–H and O–H groups in total. The average molecular weight is 297 g/mol. The molecule has 10 nitrogen and oxygen atoms in total. The summed E-state index contributed by atoms with van der Waals surface area (Å²) in [5, 5.41) is 28.7. The summed E-state index contributed by atoms with van der Waals surface area (Å²) >= 11 is 0. The van der Waals surface area contributed by atoms with Gasteiger partial charge in [-0.25, -0.2) is 4.57 Å². The maximum absolute atomic E-state index is 10.5. The van der Waals surface area contributed by atoms with Crippen LogP contribution in [-0.2, 0) is 13.8 Å². The highest BCUT2D eigenvalue weighted by molar-refractivity contribution is 7.46. The van der Waals surface area contributed by atoms with Crippen LogP contribution in [0.1, 0.15) is 0 Å². The maximum atomic E-state index is 10.5. The number of rotatable bonds is 6. The largest absolute Gasteiger partial charge is 0.469 e. The second kappa shape index (κ2) is 6.44. The second-order valence-corrected chi connectivity index (χ2v) is 5.06. The van der Waals surface area contributed by atoms with E-state index in [-0.39, 0.29) is 5.84 Å². The Morgan fingerprint density at radius 3 is 2.63 bits per heavy atom. The molecule has 0 spiro atoms. The van der Waals surface area contributed by atoms with Crippen LogP contribution in [0.3, 0.4) is 0 Å². The summed E-state index contributed by atoms with van der Waals surface area (Å²) < 4.78 is 19.8. The number of aliphatic hydroxyl groups is 2. The second-order valence-electron chi connectivity index (χ2n) is 3.82. The Morgan fingerprint density at radius 1 is 1.47 bits per heavy atom. The lowest BCUT2D eigenvalue weighted by Gasteiger charge is -2.14. The van der Waals surface area contributed by atoms with E-state index in [1.807, 2.05) is 0 Å². The van der Waals surface area contributed by atoms with Crippen LogP contribution in [0.2, 0.25) is 0 Å². The standard InChI is InChI=1S/C8H16N3O7P/c9-5(10)1-2-11-8-7(13)6(12)4(18-8)3-17-19(14,15)16/h1-2,4,6-8,11-13H,3H2,(H3,9,10)(H2,14,15,16)/b2-1-. The molecule has 0 bridgehead atoms. The number of phosphoric acid groups is 1. The molecule has 0 saturated carbocycles. The Kier molecular flexibility index (Phi) is 5.44. The zero-order chi connectivity index (χ0) is 14.6. The minimum atomic E-state index is -4.67. The van der Waals surface area contributed by atoms with Gasteiger partial charge >= 0.3 is 7.82 Å². The first-order valence-electron chi connectivity index (χ1n) is 5.19. The van der Waals surface area contributed by atoms with E-state index in [0.717, 1.165) is 0 Å². The van der Waals surface area contributed by atoms with Gasteiger partial charge in [0.2, 0.25) is 0 Å². The monoisotopic (exact) mass is 297 g/mol. The van der Waals surface area contributed by atoms with Crippen molar-refractivity contribution in [2.24, 2.45) is 5.73 Å². The van der Waals surface area contributed by atoms with Crippen LogP contribution in [0, 0.1) is 5.41 Å². The number of hydrogen-bond donors (Lipinski definition) is 7. The molecule has 1 rings (SSSR count). The lowest BCUT2D eigenvalue weighted by molar-refractivity contribution is -0.0276. The van der Waals surface area contributed by atoms with Crippen LogP contribution >= 0.6 is 7.82 Å². The smallest absolute Gasteiger partial charge is 0.387 e. The summed E-state index contributed by atoms with van der Waals surface area (Å²) in [6, 6.07) is 0. The zero-order valence-electron chi connectivity index (χ0n) is 9.71. The van der Waals surface area contributed by atoms with Gasteiger partial charge in [-0.15, -0.1) is 0 Å². The van der Waals surface area contributed by atoms with Crippen molar-refractivity contribution in [3.05, 3.63) is 12.3 Å².